The van der Waals surface area contributed by atoms with Crippen LogP contribution in [-0.2, 0) is 4.79 Å². The number of carbonyl (C=O) groups excluding carboxylic acids is 1. The minimum absolute atomic E-state index is 0.0205. The average Bonchev–Trinajstić information content (AvgIpc) is 2.79. The van der Waals surface area contributed by atoms with Crippen molar-refractivity contribution in [3.8, 4) is 0 Å². The van der Waals surface area contributed by atoms with Crippen molar-refractivity contribution in [2.24, 2.45) is 11.8 Å². The standard InChI is InChI=1S/C14H24O2/c1-2-3-4-5-6-13(15)12-9-11-7-8-14(12,16)10-11/h11-12,16H,2-10H2,1H3/t11-,12+,14+/m1/s1. The van der Waals surface area contributed by atoms with E-state index in [0.29, 0.717) is 18.1 Å². The summed E-state index contributed by atoms with van der Waals surface area (Å²) >= 11 is 0. The van der Waals surface area contributed by atoms with Crippen molar-refractivity contribution in [3.63, 3.8) is 0 Å². The van der Waals surface area contributed by atoms with Crippen LogP contribution in [0.25, 0.3) is 0 Å². The Morgan fingerprint density at radius 1 is 1.38 bits per heavy atom. The van der Waals surface area contributed by atoms with Crippen LogP contribution in [0.3, 0.4) is 0 Å². The Morgan fingerprint density at radius 2 is 2.19 bits per heavy atom. The summed E-state index contributed by atoms with van der Waals surface area (Å²) in [4.78, 5) is 12.0. The van der Waals surface area contributed by atoms with E-state index in [2.05, 4.69) is 6.92 Å². The third-order valence-corrected chi connectivity index (χ3v) is 4.51. The monoisotopic (exact) mass is 224 g/mol. The largest absolute Gasteiger partial charge is 0.389 e. The molecule has 0 aromatic heterocycles. The number of ketones is 1. The summed E-state index contributed by atoms with van der Waals surface area (Å²) in [5, 5.41) is 10.4. The summed E-state index contributed by atoms with van der Waals surface area (Å²) in [5.41, 5.74) is -0.605. The van der Waals surface area contributed by atoms with Crippen molar-refractivity contribution in [1.29, 1.82) is 0 Å². The highest BCUT2D eigenvalue weighted by atomic mass is 16.3. The third kappa shape index (κ3) is 2.32. The summed E-state index contributed by atoms with van der Waals surface area (Å²) in [6.07, 6.45) is 9.16. The lowest BCUT2D eigenvalue weighted by atomic mass is 9.81. The number of aliphatic hydroxyl groups is 1. The molecule has 2 aliphatic rings. The molecule has 2 nitrogen and oxygen atoms in total. The molecule has 0 aliphatic heterocycles. The minimum atomic E-state index is -0.605. The lowest BCUT2D eigenvalue weighted by molar-refractivity contribution is -0.131. The highest BCUT2D eigenvalue weighted by Crippen LogP contribution is 2.51. The maximum absolute atomic E-state index is 12.0. The predicted octanol–water partition coefficient (Wildman–Crippen LogP) is 3.08. The van der Waals surface area contributed by atoms with Crippen molar-refractivity contribution in [2.45, 2.75) is 70.3 Å². The van der Waals surface area contributed by atoms with Crippen LogP contribution in [0.1, 0.15) is 64.7 Å². The molecule has 2 saturated carbocycles. The summed E-state index contributed by atoms with van der Waals surface area (Å²) in [5.74, 6) is 0.947. The lowest BCUT2D eigenvalue weighted by Crippen LogP contribution is -2.37. The van der Waals surface area contributed by atoms with Gasteiger partial charge < -0.3 is 5.11 Å². The van der Waals surface area contributed by atoms with Gasteiger partial charge in [-0.1, -0.05) is 26.2 Å². The van der Waals surface area contributed by atoms with Gasteiger partial charge in [-0.2, -0.15) is 0 Å². The van der Waals surface area contributed by atoms with Crippen LogP contribution >= 0.6 is 0 Å². The molecule has 2 aliphatic carbocycles. The smallest absolute Gasteiger partial charge is 0.138 e. The molecule has 16 heavy (non-hydrogen) atoms. The van der Waals surface area contributed by atoms with E-state index in [1.807, 2.05) is 0 Å². The molecule has 0 spiro atoms. The van der Waals surface area contributed by atoms with E-state index in [1.54, 1.807) is 0 Å². The lowest BCUT2D eigenvalue weighted by Gasteiger charge is -2.28. The average molecular weight is 224 g/mol. The predicted molar refractivity (Wildman–Crippen MR) is 64.2 cm³/mol. The Morgan fingerprint density at radius 3 is 2.75 bits per heavy atom. The zero-order valence-corrected chi connectivity index (χ0v) is 10.4. The quantitative estimate of drug-likeness (QED) is 0.704. The molecule has 2 fully saturated rings. The van der Waals surface area contributed by atoms with Crippen LogP contribution in [0.4, 0.5) is 0 Å². The minimum Gasteiger partial charge on any atom is -0.389 e. The fourth-order valence-electron chi connectivity index (χ4n) is 3.56. The van der Waals surface area contributed by atoms with Crippen molar-refractivity contribution in [1.82, 2.24) is 0 Å². The van der Waals surface area contributed by atoms with Gasteiger partial charge in [-0.3, -0.25) is 4.79 Å². The van der Waals surface area contributed by atoms with E-state index in [9.17, 15) is 9.90 Å². The van der Waals surface area contributed by atoms with Gasteiger partial charge in [0.05, 0.1) is 5.60 Å². The molecule has 0 amide bonds. The van der Waals surface area contributed by atoms with Gasteiger partial charge in [0.25, 0.3) is 0 Å². The number of carbonyl (C=O) groups is 1. The zero-order chi connectivity index (χ0) is 11.6. The molecule has 2 bridgehead atoms. The highest BCUT2D eigenvalue weighted by molar-refractivity contribution is 5.82. The first-order chi connectivity index (χ1) is 7.65. The SMILES string of the molecule is CCCCCCC(=O)[C@@H]1C[C@H]2CC[C@]1(O)C2. The van der Waals surface area contributed by atoms with Gasteiger partial charge in [0.1, 0.15) is 5.78 Å². The van der Waals surface area contributed by atoms with Crippen LogP contribution in [0, 0.1) is 11.8 Å². The van der Waals surface area contributed by atoms with E-state index in [-0.39, 0.29) is 5.92 Å². The maximum Gasteiger partial charge on any atom is 0.138 e. The molecule has 0 unspecified atom stereocenters. The Labute approximate surface area is 98.4 Å². The number of unbranched alkanes of at least 4 members (excludes halogenated alkanes) is 3. The topological polar surface area (TPSA) is 37.3 Å². The highest BCUT2D eigenvalue weighted by Gasteiger charge is 2.53. The summed E-state index contributed by atoms with van der Waals surface area (Å²) in [7, 11) is 0. The molecule has 0 saturated heterocycles. The number of hydrogen-bond donors (Lipinski definition) is 1. The van der Waals surface area contributed by atoms with E-state index >= 15 is 0 Å². The number of Topliss-reactive ketones (excluding diaryl/α,β-unsaturated/α-hetero) is 1. The van der Waals surface area contributed by atoms with E-state index in [0.717, 1.165) is 38.5 Å². The van der Waals surface area contributed by atoms with E-state index in [1.165, 1.54) is 12.8 Å². The van der Waals surface area contributed by atoms with Gasteiger partial charge in [-0.25, -0.2) is 0 Å². The molecule has 0 aromatic rings. The first-order valence-corrected chi connectivity index (χ1v) is 6.91. The van der Waals surface area contributed by atoms with Gasteiger partial charge in [-0.15, -0.1) is 0 Å². The van der Waals surface area contributed by atoms with E-state index < -0.39 is 5.60 Å². The summed E-state index contributed by atoms with van der Waals surface area (Å²) in [6, 6.07) is 0. The molecule has 2 heteroatoms. The van der Waals surface area contributed by atoms with Crippen LogP contribution in [0.5, 0.6) is 0 Å². The Kier molecular flexibility index (Phi) is 3.68. The normalized spacial score (nSPS) is 36.9. The Hall–Kier alpha value is -0.370. The Bertz CT molecular complexity index is 261. The van der Waals surface area contributed by atoms with Gasteiger partial charge >= 0.3 is 0 Å². The molecular formula is C14H24O2. The molecule has 92 valence electrons. The fraction of sp³-hybridized carbons (Fsp3) is 0.929. The van der Waals surface area contributed by atoms with Gasteiger partial charge in [0.15, 0.2) is 0 Å². The van der Waals surface area contributed by atoms with Gasteiger partial charge in [-0.05, 0) is 38.0 Å². The molecule has 0 heterocycles. The molecular weight excluding hydrogens is 200 g/mol. The maximum atomic E-state index is 12.0. The van der Waals surface area contributed by atoms with Crippen LogP contribution in [0.2, 0.25) is 0 Å². The first-order valence-electron chi connectivity index (χ1n) is 6.91. The molecule has 1 N–H and O–H groups in total. The van der Waals surface area contributed by atoms with Crippen LogP contribution in [0.15, 0.2) is 0 Å². The number of fused-ring (bicyclic) bond motifs is 2. The molecule has 0 aromatic carbocycles. The van der Waals surface area contributed by atoms with Crippen molar-refractivity contribution in [2.75, 3.05) is 0 Å². The number of hydrogen-bond acceptors (Lipinski definition) is 2. The number of rotatable bonds is 6. The van der Waals surface area contributed by atoms with Crippen molar-refractivity contribution >= 4 is 5.78 Å². The first kappa shape index (κ1) is 12.1. The summed E-state index contributed by atoms with van der Waals surface area (Å²) < 4.78 is 0. The second-order valence-corrected chi connectivity index (χ2v) is 5.78. The second kappa shape index (κ2) is 4.87. The fourth-order valence-corrected chi connectivity index (χ4v) is 3.56. The zero-order valence-electron chi connectivity index (χ0n) is 10.4. The second-order valence-electron chi connectivity index (χ2n) is 5.78. The third-order valence-electron chi connectivity index (χ3n) is 4.51. The van der Waals surface area contributed by atoms with Crippen LogP contribution < -0.4 is 0 Å². The van der Waals surface area contributed by atoms with E-state index in [4.69, 9.17) is 0 Å². The summed E-state index contributed by atoms with van der Waals surface area (Å²) in [6.45, 7) is 2.18. The molecule has 2 rings (SSSR count). The van der Waals surface area contributed by atoms with Crippen molar-refractivity contribution in [3.05, 3.63) is 0 Å². The van der Waals surface area contributed by atoms with Gasteiger partial charge in [0.2, 0.25) is 0 Å². The molecule has 3 atom stereocenters. The van der Waals surface area contributed by atoms with Crippen LogP contribution in [-0.4, -0.2) is 16.5 Å². The van der Waals surface area contributed by atoms with Crippen molar-refractivity contribution < 1.29 is 9.90 Å². The molecule has 0 radical (unpaired) electrons. The van der Waals surface area contributed by atoms with Gasteiger partial charge in [0, 0.05) is 12.3 Å². The Balaban J connectivity index is 1.78.